The van der Waals surface area contributed by atoms with Crippen LogP contribution in [0.1, 0.15) is 43.7 Å². The van der Waals surface area contributed by atoms with Gasteiger partial charge < -0.3 is 14.2 Å². The molecular formula is C16H26N2O3. The van der Waals surface area contributed by atoms with Crippen LogP contribution in [-0.2, 0) is 0 Å². The van der Waals surface area contributed by atoms with Gasteiger partial charge in [0.2, 0.25) is 0 Å². The molecule has 1 aromatic rings. The fourth-order valence-corrected chi connectivity index (χ4v) is 3.24. The average molecular weight is 294 g/mol. The molecule has 1 aliphatic carbocycles. The minimum atomic E-state index is 0.0695. The van der Waals surface area contributed by atoms with Gasteiger partial charge in [-0.15, -0.1) is 0 Å². The largest absolute Gasteiger partial charge is 0.496 e. The summed E-state index contributed by atoms with van der Waals surface area (Å²) in [5.41, 5.74) is 4.01. The van der Waals surface area contributed by atoms with Gasteiger partial charge in [0, 0.05) is 11.6 Å². The van der Waals surface area contributed by atoms with E-state index in [4.69, 9.17) is 20.1 Å². The summed E-state index contributed by atoms with van der Waals surface area (Å²) in [4.78, 5) is 0. The summed E-state index contributed by atoms with van der Waals surface area (Å²) >= 11 is 0. The molecule has 0 spiro atoms. The van der Waals surface area contributed by atoms with Crippen LogP contribution in [0.5, 0.6) is 17.2 Å². The predicted molar refractivity (Wildman–Crippen MR) is 82.7 cm³/mol. The van der Waals surface area contributed by atoms with Crippen LogP contribution in [0, 0.1) is 5.92 Å². The van der Waals surface area contributed by atoms with Gasteiger partial charge in [0.1, 0.15) is 5.75 Å². The van der Waals surface area contributed by atoms with E-state index in [0.29, 0.717) is 17.4 Å². The van der Waals surface area contributed by atoms with Crippen molar-refractivity contribution in [3.05, 3.63) is 17.7 Å². The molecule has 3 N–H and O–H groups in total. The summed E-state index contributed by atoms with van der Waals surface area (Å²) in [7, 11) is 4.93. The number of methoxy groups -OCH3 is 3. The SMILES string of the molecule is COc1cc(OC)c(C(NN)C2CCCCC2)cc1OC. The second-order valence-corrected chi connectivity index (χ2v) is 5.49. The Morgan fingerprint density at radius 3 is 2.05 bits per heavy atom. The number of hydrogen-bond donors (Lipinski definition) is 2. The molecule has 0 amide bonds. The van der Waals surface area contributed by atoms with Crippen LogP contribution in [0.4, 0.5) is 0 Å². The van der Waals surface area contributed by atoms with E-state index in [0.717, 1.165) is 11.3 Å². The lowest BCUT2D eigenvalue weighted by Crippen LogP contribution is -2.34. The van der Waals surface area contributed by atoms with E-state index in [9.17, 15) is 0 Å². The lowest BCUT2D eigenvalue weighted by molar-refractivity contribution is 0.265. The highest BCUT2D eigenvalue weighted by atomic mass is 16.5. The van der Waals surface area contributed by atoms with Gasteiger partial charge in [0.05, 0.1) is 27.4 Å². The van der Waals surface area contributed by atoms with Crippen molar-refractivity contribution >= 4 is 0 Å². The Morgan fingerprint density at radius 1 is 0.952 bits per heavy atom. The van der Waals surface area contributed by atoms with Crippen molar-refractivity contribution in [2.45, 2.75) is 38.1 Å². The monoisotopic (exact) mass is 294 g/mol. The minimum Gasteiger partial charge on any atom is -0.496 e. The van der Waals surface area contributed by atoms with Crippen molar-refractivity contribution in [2.24, 2.45) is 11.8 Å². The minimum absolute atomic E-state index is 0.0695. The summed E-state index contributed by atoms with van der Waals surface area (Å²) in [5, 5.41) is 0. The van der Waals surface area contributed by atoms with E-state index in [-0.39, 0.29) is 6.04 Å². The van der Waals surface area contributed by atoms with E-state index in [1.165, 1.54) is 32.1 Å². The summed E-state index contributed by atoms with van der Waals surface area (Å²) in [6, 6.07) is 3.90. The maximum absolute atomic E-state index is 5.84. The number of benzene rings is 1. The third-order valence-electron chi connectivity index (χ3n) is 4.37. The van der Waals surface area contributed by atoms with Crippen LogP contribution in [0.3, 0.4) is 0 Å². The Bertz CT molecular complexity index is 459. The second kappa shape index (κ2) is 7.52. The summed E-state index contributed by atoms with van der Waals surface area (Å²) in [5.74, 6) is 8.51. The maximum atomic E-state index is 5.84. The molecule has 0 aliphatic heterocycles. The summed E-state index contributed by atoms with van der Waals surface area (Å²) < 4.78 is 16.3. The topological polar surface area (TPSA) is 65.7 Å². The van der Waals surface area contributed by atoms with E-state index in [2.05, 4.69) is 5.43 Å². The lowest BCUT2D eigenvalue weighted by Gasteiger charge is -2.31. The number of ether oxygens (including phenoxy) is 3. The fourth-order valence-electron chi connectivity index (χ4n) is 3.24. The molecule has 5 heteroatoms. The van der Waals surface area contributed by atoms with Gasteiger partial charge in [-0.2, -0.15) is 0 Å². The zero-order valence-electron chi connectivity index (χ0n) is 13.1. The Balaban J connectivity index is 2.38. The second-order valence-electron chi connectivity index (χ2n) is 5.49. The molecule has 0 bridgehead atoms. The van der Waals surface area contributed by atoms with Crippen LogP contribution >= 0.6 is 0 Å². The first-order valence-electron chi connectivity index (χ1n) is 7.51. The molecule has 118 valence electrons. The normalized spacial score (nSPS) is 17.3. The third kappa shape index (κ3) is 3.41. The van der Waals surface area contributed by atoms with Gasteiger partial charge in [-0.3, -0.25) is 11.3 Å². The van der Waals surface area contributed by atoms with Gasteiger partial charge in [0.15, 0.2) is 11.5 Å². The quantitative estimate of drug-likeness (QED) is 0.624. The van der Waals surface area contributed by atoms with Crippen LogP contribution in [0.15, 0.2) is 12.1 Å². The third-order valence-corrected chi connectivity index (χ3v) is 4.37. The van der Waals surface area contributed by atoms with Crippen LogP contribution in [-0.4, -0.2) is 21.3 Å². The summed E-state index contributed by atoms with van der Waals surface area (Å²) in [6.45, 7) is 0. The Kier molecular flexibility index (Phi) is 5.70. The highest BCUT2D eigenvalue weighted by molar-refractivity contribution is 5.52. The molecule has 21 heavy (non-hydrogen) atoms. The van der Waals surface area contributed by atoms with Crippen molar-refractivity contribution in [3.8, 4) is 17.2 Å². The lowest BCUT2D eigenvalue weighted by atomic mass is 9.81. The molecule has 1 saturated carbocycles. The number of nitrogens with one attached hydrogen (secondary N) is 1. The molecule has 1 atom stereocenters. The zero-order chi connectivity index (χ0) is 15.2. The molecule has 1 fully saturated rings. The highest BCUT2D eigenvalue weighted by Crippen LogP contribution is 2.42. The van der Waals surface area contributed by atoms with Gasteiger partial charge in [0.25, 0.3) is 0 Å². The predicted octanol–water partition coefficient (Wildman–Crippen LogP) is 2.80. The van der Waals surface area contributed by atoms with Gasteiger partial charge in [-0.1, -0.05) is 19.3 Å². The van der Waals surface area contributed by atoms with Crippen molar-refractivity contribution in [3.63, 3.8) is 0 Å². The highest BCUT2D eigenvalue weighted by Gasteiger charge is 2.27. The van der Waals surface area contributed by atoms with Gasteiger partial charge in [-0.05, 0) is 24.8 Å². The fraction of sp³-hybridized carbons (Fsp3) is 0.625. The first-order valence-corrected chi connectivity index (χ1v) is 7.51. The van der Waals surface area contributed by atoms with Crippen molar-refractivity contribution < 1.29 is 14.2 Å². The Hall–Kier alpha value is -1.46. The number of hydrazine groups is 1. The molecule has 0 saturated heterocycles. The van der Waals surface area contributed by atoms with E-state index in [1.807, 2.05) is 12.1 Å². The molecule has 1 unspecified atom stereocenters. The number of hydrogen-bond acceptors (Lipinski definition) is 5. The molecule has 5 nitrogen and oxygen atoms in total. The molecule has 0 radical (unpaired) electrons. The zero-order valence-corrected chi connectivity index (χ0v) is 13.1. The summed E-state index contributed by atoms with van der Waals surface area (Å²) in [6.07, 6.45) is 6.21. The maximum Gasteiger partial charge on any atom is 0.164 e. The molecule has 0 heterocycles. The standard InChI is InChI=1S/C16H26N2O3/c1-19-13-10-15(21-3)14(20-2)9-12(13)16(18-17)11-7-5-4-6-8-11/h9-11,16,18H,4-8,17H2,1-3H3. The smallest absolute Gasteiger partial charge is 0.164 e. The van der Waals surface area contributed by atoms with Crippen LogP contribution in [0.2, 0.25) is 0 Å². The van der Waals surface area contributed by atoms with Gasteiger partial charge in [-0.25, -0.2) is 0 Å². The molecular weight excluding hydrogens is 268 g/mol. The Labute approximate surface area is 126 Å². The van der Waals surface area contributed by atoms with Crippen LogP contribution < -0.4 is 25.5 Å². The van der Waals surface area contributed by atoms with Crippen molar-refractivity contribution in [1.29, 1.82) is 0 Å². The molecule has 1 aromatic carbocycles. The van der Waals surface area contributed by atoms with Crippen molar-refractivity contribution in [1.82, 2.24) is 5.43 Å². The molecule has 0 aromatic heterocycles. The van der Waals surface area contributed by atoms with Crippen molar-refractivity contribution in [2.75, 3.05) is 21.3 Å². The van der Waals surface area contributed by atoms with Gasteiger partial charge >= 0.3 is 0 Å². The number of rotatable bonds is 6. The molecule has 2 rings (SSSR count). The molecule has 1 aliphatic rings. The number of nitrogens with two attached hydrogens (primary N) is 1. The van der Waals surface area contributed by atoms with E-state index < -0.39 is 0 Å². The van der Waals surface area contributed by atoms with E-state index >= 15 is 0 Å². The van der Waals surface area contributed by atoms with E-state index in [1.54, 1.807) is 21.3 Å². The first-order chi connectivity index (χ1) is 10.2. The first kappa shape index (κ1) is 15.9. The Morgan fingerprint density at radius 2 is 1.52 bits per heavy atom. The van der Waals surface area contributed by atoms with Crippen LogP contribution in [0.25, 0.3) is 0 Å². The average Bonchev–Trinajstić information content (AvgIpc) is 2.56.